The summed E-state index contributed by atoms with van der Waals surface area (Å²) in [6.45, 7) is 0. The number of H-pyrrole nitrogens is 2. The van der Waals surface area contributed by atoms with Gasteiger partial charge < -0.3 is 24.9 Å². The molecule has 2 aromatic carbocycles. The highest BCUT2D eigenvalue weighted by atomic mass is 16.5. The fraction of sp³-hybridized carbons (Fsp3) is 0. The molecular weight excluding hydrogens is 324 g/mol. The number of hydrogen-bond acceptors (Lipinski definition) is 3. The first-order chi connectivity index (χ1) is 12.0. The van der Waals surface area contributed by atoms with Crippen LogP contribution in [0.1, 0.15) is 21.0 Å². The van der Waals surface area contributed by atoms with Crippen molar-refractivity contribution >= 4 is 33.7 Å². The normalized spacial score (nSPS) is 11.0. The molecule has 4 rings (SSSR count). The van der Waals surface area contributed by atoms with Crippen LogP contribution in [0.2, 0.25) is 0 Å². The van der Waals surface area contributed by atoms with Crippen LogP contribution >= 0.6 is 0 Å². The van der Waals surface area contributed by atoms with Crippen LogP contribution in [-0.2, 0) is 0 Å². The Kier molecular flexibility index (Phi) is 3.21. The largest absolute Gasteiger partial charge is 0.477 e. The van der Waals surface area contributed by atoms with Crippen LogP contribution in [0.3, 0.4) is 0 Å². The van der Waals surface area contributed by atoms with Crippen molar-refractivity contribution in [2.75, 3.05) is 0 Å². The zero-order valence-electron chi connectivity index (χ0n) is 12.7. The molecule has 7 nitrogen and oxygen atoms in total. The summed E-state index contributed by atoms with van der Waals surface area (Å²) < 4.78 is 5.81. The van der Waals surface area contributed by atoms with Crippen molar-refractivity contribution in [2.45, 2.75) is 0 Å². The van der Waals surface area contributed by atoms with Crippen molar-refractivity contribution in [3.63, 3.8) is 0 Å². The van der Waals surface area contributed by atoms with Crippen molar-refractivity contribution in [1.82, 2.24) is 9.97 Å². The smallest absolute Gasteiger partial charge is 0.352 e. The van der Waals surface area contributed by atoms with Crippen LogP contribution in [0.4, 0.5) is 0 Å². The van der Waals surface area contributed by atoms with Crippen molar-refractivity contribution in [2.24, 2.45) is 0 Å². The maximum absolute atomic E-state index is 11.0. The van der Waals surface area contributed by atoms with Crippen molar-refractivity contribution in [3.8, 4) is 11.5 Å². The number of fused-ring (bicyclic) bond motifs is 2. The average Bonchev–Trinajstić information content (AvgIpc) is 3.17. The number of rotatable bonds is 4. The molecule has 0 unspecified atom stereocenters. The number of aromatic carboxylic acids is 2. The molecule has 2 heterocycles. The third-order valence-electron chi connectivity index (χ3n) is 3.88. The predicted octanol–water partition coefficient (Wildman–Crippen LogP) is 3.84. The molecule has 0 bridgehead atoms. The van der Waals surface area contributed by atoms with E-state index in [1.165, 1.54) is 0 Å². The van der Waals surface area contributed by atoms with E-state index in [-0.39, 0.29) is 11.4 Å². The summed E-state index contributed by atoms with van der Waals surface area (Å²) in [6, 6.07) is 13.5. The molecule has 0 aliphatic rings. The van der Waals surface area contributed by atoms with Gasteiger partial charge in [0.15, 0.2) is 0 Å². The van der Waals surface area contributed by atoms with Crippen LogP contribution in [0.5, 0.6) is 11.5 Å². The van der Waals surface area contributed by atoms with Gasteiger partial charge in [-0.1, -0.05) is 0 Å². The lowest BCUT2D eigenvalue weighted by molar-refractivity contribution is 0.0681. The Labute approximate surface area is 140 Å². The van der Waals surface area contributed by atoms with Gasteiger partial charge in [-0.2, -0.15) is 0 Å². The first kappa shape index (κ1) is 14.8. The lowest BCUT2D eigenvalue weighted by Gasteiger charge is -2.06. The van der Waals surface area contributed by atoms with Crippen LogP contribution in [0.15, 0.2) is 48.5 Å². The highest BCUT2D eigenvalue weighted by Gasteiger charge is 2.10. The molecule has 0 aliphatic heterocycles. The summed E-state index contributed by atoms with van der Waals surface area (Å²) in [5.74, 6) is -0.940. The van der Waals surface area contributed by atoms with Crippen molar-refractivity contribution < 1.29 is 24.5 Å². The molecule has 0 spiro atoms. The highest BCUT2D eigenvalue weighted by Crippen LogP contribution is 2.28. The SMILES string of the molecule is O=C(O)c1cc2cc(Oc3ccc4[nH]c(C(=O)O)cc4c3)ccc2[nH]1. The summed E-state index contributed by atoms with van der Waals surface area (Å²) >= 11 is 0. The Morgan fingerprint density at radius 1 is 0.720 bits per heavy atom. The number of ether oxygens (including phenoxy) is 1. The summed E-state index contributed by atoms with van der Waals surface area (Å²) in [4.78, 5) is 27.6. The topological polar surface area (TPSA) is 115 Å². The zero-order chi connectivity index (χ0) is 17.6. The van der Waals surface area contributed by atoms with Gasteiger partial charge >= 0.3 is 11.9 Å². The molecule has 2 aromatic heterocycles. The molecule has 7 heteroatoms. The molecule has 25 heavy (non-hydrogen) atoms. The maximum Gasteiger partial charge on any atom is 0.352 e. The fourth-order valence-corrected chi connectivity index (χ4v) is 2.71. The Hall–Kier alpha value is -3.74. The highest BCUT2D eigenvalue weighted by molar-refractivity contribution is 5.95. The number of benzene rings is 2. The Balaban J connectivity index is 1.66. The minimum absolute atomic E-state index is 0.113. The van der Waals surface area contributed by atoms with E-state index >= 15 is 0 Å². The minimum Gasteiger partial charge on any atom is -0.477 e. The number of carboxylic acid groups (broad SMARTS) is 2. The Morgan fingerprint density at radius 2 is 1.16 bits per heavy atom. The monoisotopic (exact) mass is 336 g/mol. The number of nitrogens with one attached hydrogen (secondary N) is 2. The van der Waals surface area contributed by atoms with Gasteiger partial charge in [0.2, 0.25) is 0 Å². The van der Waals surface area contributed by atoms with E-state index in [0.717, 1.165) is 10.8 Å². The molecule has 0 aliphatic carbocycles. The first-order valence-corrected chi connectivity index (χ1v) is 7.39. The predicted molar refractivity (Wildman–Crippen MR) is 90.6 cm³/mol. The molecule has 4 N–H and O–H groups in total. The van der Waals surface area contributed by atoms with Crippen molar-refractivity contribution in [1.29, 1.82) is 0 Å². The Morgan fingerprint density at radius 3 is 1.56 bits per heavy atom. The number of aromatic amines is 2. The van der Waals surface area contributed by atoms with Gasteiger partial charge in [0.05, 0.1) is 0 Å². The van der Waals surface area contributed by atoms with Gasteiger partial charge in [0.25, 0.3) is 0 Å². The molecule has 0 fully saturated rings. The number of hydrogen-bond donors (Lipinski definition) is 4. The van der Waals surface area contributed by atoms with Crippen molar-refractivity contribution in [3.05, 3.63) is 59.9 Å². The molecule has 0 atom stereocenters. The molecule has 124 valence electrons. The standard InChI is InChI=1S/C18H12N2O5/c21-17(22)15-7-9-5-11(1-3-13(9)19-15)25-12-2-4-14-10(6-12)8-16(20-14)18(23)24/h1-8,19-20H,(H,21,22)(H,23,24). The summed E-state index contributed by atoms with van der Waals surface area (Å²) in [6.07, 6.45) is 0. The summed E-state index contributed by atoms with van der Waals surface area (Å²) in [7, 11) is 0. The molecule has 0 saturated carbocycles. The van der Waals surface area contributed by atoms with Gasteiger partial charge in [0.1, 0.15) is 22.9 Å². The number of carbonyl (C=O) groups is 2. The molecule has 0 saturated heterocycles. The van der Waals surface area contributed by atoms with E-state index in [1.54, 1.807) is 48.5 Å². The maximum atomic E-state index is 11.0. The Bertz CT molecular complexity index is 1050. The van der Waals surface area contributed by atoms with E-state index in [0.29, 0.717) is 22.5 Å². The lowest BCUT2D eigenvalue weighted by Crippen LogP contribution is -1.94. The van der Waals surface area contributed by atoms with Gasteiger partial charge in [0, 0.05) is 21.8 Å². The first-order valence-electron chi connectivity index (χ1n) is 7.39. The van der Waals surface area contributed by atoms with Gasteiger partial charge in [-0.25, -0.2) is 9.59 Å². The van der Waals surface area contributed by atoms with E-state index in [1.807, 2.05) is 0 Å². The molecule has 0 radical (unpaired) electrons. The second-order valence-corrected chi connectivity index (χ2v) is 5.58. The zero-order valence-corrected chi connectivity index (χ0v) is 12.7. The third-order valence-corrected chi connectivity index (χ3v) is 3.88. The quantitative estimate of drug-likeness (QED) is 0.452. The van der Waals surface area contributed by atoms with E-state index in [4.69, 9.17) is 14.9 Å². The molecular formula is C18H12N2O5. The average molecular weight is 336 g/mol. The van der Waals surface area contributed by atoms with E-state index in [2.05, 4.69) is 9.97 Å². The van der Waals surface area contributed by atoms with Crippen LogP contribution in [0.25, 0.3) is 21.8 Å². The van der Waals surface area contributed by atoms with Gasteiger partial charge in [-0.3, -0.25) is 0 Å². The number of aromatic nitrogens is 2. The summed E-state index contributed by atoms with van der Waals surface area (Å²) in [5.41, 5.74) is 1.64. The summed E-state index contributed by atoms with van der Waals surface area (Å²) in [5, 5.41) is 19.5. The second-order valence-electron chi connectivity index (χ2n) is 5.58. The van der Waals surface area contributed by atoms with Crippen LogP contribution in [-0.4, -0.2) is 32.1 Å². The third kappa shape index (κ3) is 2.67. The molecule has 0 amide bonds. The lowest BCUT2D eigenvalue weighted by atomic mass is 10.2. The molecule has 4 aromatic rings. The van der Waals surface area contributed by atoms with Gasteiger partial charge in [-0.05, 0) is 48.5 Å². The van der Waals surface area contributed by atoms with E-state index in [9.17, 15) is 9.59 Å². The van der Waals surface area contributed by atoms with Crippen LogP contribution < -0.4 is 4.74 Å². The van der Waals surface area contributed by atoms with Gasteiger partial charge in [-0.15, -0.1) is 0 Å². The van der Waals surface area contributed by atoms with E-state index < -0.39 is 11.9 Å². The second kappa shape index (κ2) is 5.41. The van der Waals surface area contributed by atoms with Crippen LogP contribution in [0, 0.1) is 0 Å². The minimum atomic E-state index is -1.02. The number of carboxylic acids is 2. The fourth-order valence-electron chi connectivity index (χ4n) is 2.71.